The highest BCUT2D eigenvalue weighted by Gasteiger charge is 2.39. The van der Waals surface area contributed by atoms with Gasteiger partial charge in [-0.05, 0) is 39.0 Å². The minimum Gasteiger partial charge on any atom is -0.465 e. The molecule has 0 unspecified atom stereocenters. The summed E-state index contributed by atoms with van der Waals surface area (Å²) in [6.45, 7) is 4.43. The molecule has 7 heteroatoms. The average Bonchev–Trinajstić information content (AvgIpc) is 2.38. The number of benzene rings is 1. The molecule has 0 spiro atoms. The Morgan fingerprint density at radius 1 is 1.29 bits per heavy atom. The first-order chi connectivity index (χ1) is 9.61. The van der Waals surface area contributed by atoms with Gasteiger partial charge in [0.25, 0.3) is 0 Å². The second kappa shape index (κ2) is 6.58. The highest BCUT2D eigenvalue weighted by molar-refractivity contribution is 7.92. The molecule has 0 atom stereocenters. The van der Waals surface area contributed by atoms with Gasteiger partial charge in [0.2, 0.25) is 0 Å². The van der Waals surface area contributed by atoms with Gasteiger partial charge in [-0.3, -0.25) is 9.59 Å². The highest BCUT2D eigenvalue weighted by atomic mass is 35.5. The molecule has 116 valence electrons. The standard InChI is InChI=1S/C14H17ClO5S/c1-4-20-13(17)14(2,3)12(16)9-21(18,19)11-7-5-6-10(15)8-11/h5-8H,4,9H2,1-3H3. The van der Waals surface area contributed by atoms with Crippen LogP contribution in [-0.4, -0.2) is 32.5 Å². The van der Waals surface area contributed by atoms with Crippen LogP contribution in [0.15, 0.2) is 29.2 Å². The monoisotopic (exact) mass is 332 g/mol. The first-order valence-electron chi connectivity index (χ1n) is 6.30. The largest absolute Gasteiger partial charge is 0.465 e. The maximum absolute atomic E-state index is 12.2. The highest BCUT2D eigenvalue weighted by Crippen LogP contribution is 2.23. The van der Waals surface area contributed by atoms with Gasteiger partial charge in [0.1, 0.15) is 11.2 Å². The number of hydrogen-bond acceptors (Lipinski definition) is 5. The summed E-state index contributed by atoms with van der Waals surface area (Å²) < 4.78 is 29.2. The van der Waals surface area contributed by atoms with Crippen molar-refractivity contribution < 1.29 is 22.7 Å². The van der Waals surface area contributed by atoms with E-state index < -0.39 is 32.8 Å². The topological polar surface area (TPSA) is 77.5 Å². The van der Waals surface area contributed by atoms with E-state index in [0.29, 0.717) is 0 Å². The molecular weight excluding hydrogens is 316 g/mol. The van der Waals surface area contributed by atoms with Crippen LogP contribution in [0.4, 0.5) is 0 Å². The van der Waals surface area contributed by atoms with Crippen molar-refractivity contribution in [3.63, 3.8) is 0 Å². The van der Waals surface area contributed by atoms with Gasteiger partial charge in [0, 0.05) is 5.02 Å². The van der Waals surface area contributed by atoms with Crippen LogP contribution >= 0.6 is 11.6 Å². The van der Waals surface area contributed by atoms with E-state index >= 15 is 0 Å². The SMILES string of the molecule is CCOC(=O)C(C)(C)C(=O)CS(=O)(=O)c1cccc(Cl)c1. The Hall–Kier alpha value is -1.40. The summed E-state index contributed by atoms with van der Waals surface area (Å²) >= 11 is 5.75. The number of ether oxygens (including phenoxy) is 1. The Labute approximate surface area is 129 Å². The van der Waals surface area contributed by atoms with Crippen molar-refractivity contribution in [2.45, 2.75) is 25.7 Å². The van der Waals surface area contributed by atoms with E-state index in [9.17, 15) is 18.0 Å². The minimum atomic E-state index is -3.86. The lowest BCUT2D eigenvalue weighted by Crippen LogP contribution is -2.38. The number of rotatable bonds is 6. The molecule has 0 radical (unpaired) electrons. The lowest BCUT2D eigenvalue weighted by Gasteiger charge is -2.20. The van der Waals surface area contributed by atoms with Crippen molar-refractivity contribution in [2.75, 3.05) is 12.4 Å². The average molecular weight is 333 g/mol. The van der Waals surface area contributed by atoms with E-state index in [1.165, 1.54) is 38.1 Å². The van der Waals surface area contributed by atoms with E-state index in [1.807, 2.05) is 0 Å². The summed E-state index contributed by atoms with van der Waals surface area (Å²) in [5, 5.41) is 0.258. The van der Waals surface area contributed by atoms with Crippen molar-refractivity contribution in [1.29, 1.82) is 0 Å². The molecule has 0 bridgehead atoms. The lowest BCUT2D eigenvalue weighted by molar-refractivity contribution is -0.157. The van der Waals surface area contributed by atoms with Crippen LogP contribution in [0, 0.1) is 5.41 Å². The summed E-state index contributed by atoms with van der Waals surface area (Å²) in [6.07, 6.45) is 0. The van der Waals surface area contributed by atoms with E-state index in [4.69, 9.17) is 16.3 Å². The fourth-order valence-electron chi connectivity index (χ4n) is 1.52. The predicted octanol–water partition coefficient (Wildman–Crippen LogP) is 2.27. The molecule has 0 saturated heterocycles. The molecule has 0 fully saturated rings. The van der Waals surface area contributed by atoms with E-state index in [-0.39, 0.29) is 16.5 Å². The van der Waals surface area contributed by atoms with Crippen LogP contribution in [-0.2, 0) is 24.2 Å². The Kier molecular flexibility index (Phi) is 5.53. The van der Waals surface area contributed by atoms with Crippen molar-refractivity contribution in [3.8, 4) is 0 Å². The van der Waals surface area contributed by atoms with Gasteiger partial charge in [-0.2, -0.15) is 0 Å². The van der Waals surface area contributed by atoms with E-state index in [0.717, 1.165) is 0 Å². The fourth-order valence-corrected chi connectivity index (χ4v) is 3.24. The van der Waals surface area contributed by atoms with Crippen LogP contribution in [0.3, 0.4) is 0 Å². The molecule has 0 aliphatic rings. The van der Waals surface area contributed by atoms with E-state index in [1.54, 1.807) is 6.92 Å². The zero-order chi connectivity index (χ0) is 16.3. The molecule has 0 saturated carbocycles. The minimum absolute atomic E-state index is 0.0528. The first kappa shape index (κ1) is 17.7. The third-order valence-electron chi connectivity index (χ3n) is 2.96. The number of esters is 1. The first-order valence-corrected chi connectivity index (χ1v) is 8.33. The van der Waals surface area contributed by atoms with Crippen molar-refractivity contribution in [3.05, 3.63) is 29.3 Å². The number of sulfone groups is 1. The zero-order valence-electron chi connectivity index (χ0n) is 12.1. The zero-order valence-corrected chi connectivity index (χ0v) is 13.6. The Balaban J connectivity index is 2.99. The molecular formula is C14H17ClO5S. The van der Waals surface area contributed by atoms with Gasteiger partial charge in [-0.25, -0.2) is 8.42 Å². The molecule has 1 aromatic carbocycles. The Bertz CT molecular complexity index is 649. The number of ketones is 1. The van der Waals surface area contributed by atoms with Gasteiger partial charge < -0.3 is 4.74 Å². The molecule has 0 heterocycles. The van der Waals surface area contributed by atoms with Crippen LogP contribution in [0.5, 0.6) is 0 Å². The smallest absolute Gasteiger partial charge is 0.319 e. The fraction of sp³-hybridized carbons (Fsp3) is 0.429. The Morgan fingerprint density at radius 3 is 2.43 bits per heavy atom. The summed E-state index contributed by atoms with van der Waals surface area (Å²) in [5.41, 5.74) is -1.51. The number of hydrogen-bond donors (Lipinski definition) is 0. The molecule has 0 amide bonds. The summed E-state index contributed by atoms with van der Waals surface area (Å²) in [4.78, 5) is 23.8. The van der Waals surface area contributed by atoms with Crippen LogP contribution in [0.25, 0.3) is 0 Å². The van der Waals surface area contributed by atoms with E-state index in [2.05, 4.69) is 0 Å². The molecule has 21 heavy (non-hydrogen) atoms. The molecule has 5 nitrogen and oxygen atoms in total. The van der Waals surface area contributed by atoms with Crippen LogP contribution < -0.4 is 0 Å². The normalized spacial score (nSPS) is 12.0. The maximum Gasteiger partial charge on any atom is 0.319 e. The molecule has 1 aromatic rings. The second-order valence-electron chi connectivity index (χ2n) is 4.99. The number of carbonyl (C=O) groups excluding carboxylic acids is 2. The van der Waals surface area contributed by atoms with Gasteiger partial charge in [0.15, 0.2) is 15.6 Å². The number of carbonyl (C=O) groups is 2. The van der Waals surface area contributed by atoms with Crippen LogP contribution in [0.1, 0.15) is 20.8 Å². The van der Waals surface area contributed by atoms with Gasteiger partial charge in [-0.15, -0.1) is 0 Å². The summed E-state index contributed by atoms with van der Waals surface area (Å²) in [6, 6.07) is 5.63. The molecule has 0 aromatic heterocycles. The van der Waals surface area contributed by atoms with Crippen molar-refractivity contribution in [2.24, 2.45) is 5.41 Å². The third kappa shape index (κ3) is 4.28. The number of halogens is 1. The summed E-state index contributed by atoms with van der Waals surface area (Å²) in [5.74, 6) is -2.24. The quantitative estimate of drug-likeness (QED) is 0.590. The van der Waals surface area contributed by atoms with Crippen molar-refractivity contribution >= 4 is 33.2 Å². The van der Waals surface area contributed by atoms with Gasteiger partial charge >= 0.3 is 5.97 Å². The lowest BCUT2D eigenvalue weighted by atomic mass is 9.89. The summed E-state index contributed by atoms with van der Waals surface area (Å²) in [7, 11) is -3.86. The molecule has 1 rings (SSSR count). The molecule has 0 N–H and O–H groups in total. The third-order valence-corrected chi connectivity index (χ3v) is 4.81. The second-order valence-corrected chi connectivity index (χ2v) is 7.41. The van der Waals surface area contributed by atoms with Gasteiger partial charge in [-0.1, -0.05) is 17.7 Å². The molecule has 0 aliphatic carbocycles. The Morgan fingerprint density at radius 2 is 1.90 bits per heavy atom. The maximum atomic E-state index is 12.2. The van der Waals surface area contributed by atoms with Gasteiger partial charge in [0.05, 0.1) is 11.5 Å². The van der Waals surface area contributed by atoms with Crippen molar-refractivity contribution in [1.82, 2.24) is 0 Å². The van der Waals surface area contributed by atoms with Crippen LogP contribution in [0.2, 0.25) is 5.02 Å². The predicted molar refractivity (Wildman–Crippen MR) is 78.9 cm³/mol. The number of Topliss-reactive ketones (excluding diaryl/α,β-unsaturated/α-hetero) is 1. The molecule has 0 aliphatic heterocycles.